The van der Waals surface area contributed by atoms with Crippen LogP contribution in [0.3, 0.4) is 0 Å². The lowest BCUT2D eigenvalue weighted by Gasteiger charge is -2.01. The molecule has 3 N–H and O–H groups in total. The summed E-state index contributed by atoms with van der Waals surface area (Å²) in [7, 11) is 0. The molecule has 0 amide bonds. The molecule has 0 unspecified atom stereocenters. The number of hydrogen-bond donors (Lipinski definition) is 2. The van der Waals surface area contributed by atoms with E-state index in [0.717, 1.165) is 4.47 Å². The first-order valence-corrected chi connectivity index (χ1v) is 3.90. The maximum Gasteiger partial charge on any atom is 0.127 e. The van der Waals surface area contributed by atoms with Crippen molar-refractivity contribution in [3.05, 3.63) is 34.1 Å². The van der Waals surface area contributed by atoms with Crippen molar-refractivity contribution >= 4 is 40.7 Å². The third-order valence-corrected chi connectivity index (χ3v) is 1.79. The van der Waals surface area contributed by atoms with Crippen molar-refractivity contribution in [2.75, 3.05) is 0 Å². The first kappa shape index (κ1) is 15.6. The third kappa shape index (κ3) is 4.78. The van der Waals surface area contributed by atoms with Crippen molar-refractivity contribution in [3.8, 4) is 0 Å². The SMILES string of the molecule is Cl.Cl.NNCc1cc(Br)ccc1F. The molecular weight excluding hydrogens is 282 g/mol. The first-order chi connectivity index (χ1) is 5.24. The Morgan fingerprint density at radius 2 is 2.00 bits per heavy atom. The van der Waals surface area contributed by atoms with Gasteiger partial charge in [-0.05, 0) is 18.2 Å². The van der Waals surface area contributed by atoms with E-state index < -0.39 is 0 Å². The van der Waals surface area contributed by atoms with Crippen LogP contribution >= 0.6 is 40.7 Å². The number of benzene rings is 1. The van der Waals surface area contributed by atoms with E-state index in [0.29, 0.717) is 12.1 Å². The van der Waals surface area contributed by atoms with Crippen LogP contribution in [-0.2, 0) is 6.54 Å². The topological polar surface area (TPSA) is 38.0 Å². The minimum atomic E-state index is -0.244. The lowest BCUT2D eigenvalue weighted by Crippen LogP contribution is -2.21. The third-order valence-electron chi connectivity index (χ3n) is 1.30. The standard InChI is InChI=1S/C7H8BrFN2.2ClH/c8-6-1-2-7(9)5(3-6)4-11-10;;/h1-3,11H,4,10H2;2*1H. The molecule has 0 aromatic heterocycles. The van der Waals surface area contributed by atoms with E-state index in [1.807, 2.05) is 0 Å². The molecule has 0 atom stereocenters. The van der Waals surface area contributed by atoms with Gasteiger partial charge in [0.15, 0.2) is 0 Å². The molecule has 13 heavy (non-hydrogen) atoms. The molecule has 2 nitrogen and oxygen atoms in total. The number of nitrogens with one attached hydrogen (secondary N) is 1. The molecule has 0 bridgehead atoms. The Bertz CT molecular complexity index is 260. The van der Waals surface area contributed by atoms with Crippen LogP contribution in [0.5, 0.6) is 0 Å². The number of hydrogen-bond acceptors (Lipinski definition) is 2. The Hall–Kier alpha value is 0.130. The van der Waals surface area contributed by atoms with Gasteiger partial charge >= 0.3 is 0 Å². The lowest BCUT2D eigenvalue weighted by atomic mass is 10.2. The highest BCUT2D eigenvalue weighted by molar-refractivity contribution is 9.10. The molecule has 0 aliphatic carbocycles. The summed E-state index contributed by atoms with van der Waals surface area (Å²) < 4.78 is 13.7. The van der Waals surface area contributed by atoms with Crippen LogP contribution in [0.1, 0.15) is 5.56 Å². The fourth-order valence-corrected chi connectivity index (χ4v) is 1.20. The van der Waals surface area contributed by atoms with Gasteiger partial charge in [-0.25, -0.2) is 4.39 Å². The van der Waals surface area contributed by atoms with Crippen molar-refractivity contribution in [2.45, 2.75) is 6.54 Å². The molecule has 1 aromatic rings. The van der Waals surface area contributed by atoms with Crippen molar-refractivity contribution in [1.82, 2.24) is 5.43 Å². The quantitative estimate of drug-likeness (QED) is 0.649. The molecule has 76 valence electrons. The number of nitrogens with two attached hydrogens (primary N) is 1. The smallest absolute Gasteiger partial charge is 0.127 e. The molecular formula is C7H10BrCl2FN2. The summed E-state index contributed by atoms with van der Waals surface area (Å²) in [5.41, 5.74) is 2.95. The molecule has 0 radical (unpaired) electrons. The van der Waals surface area contributed by atoms with E-state index in [1.165, 1.54) is 6.07 Å². The van der Waals surface area contributed by atoms with Crippen LogP contribution in [0.25, 0.3) is 0 Å². The minimum Gasteiger partial charge on any atom is -0.271 e. The zero-order valence-corrected chi connectivity index (χ0v) is 9.81. The highest BCUT2D eigenvalue weighted by Gasteiger charge is 2.00. The molecule has 0 spiro atoms. The fraction of sp³-hybridized carbons (Fsp3) is 0.143. The van der Waals surface area contributed by atoms with Gasteiger partial charge in [0.25, 0.3) is 0 Å². The zero-order chi connectivity index (χ0) is 8.27. The van der Waals surface area contributed by atoms with Crippen LogP contribution in [0.4, 0.5) is 4.39 Å². The fourth-order valence-electron chi connectivity index (χ4n) is 0.789. The second-order valence-corrected chi connectivity index (χ2v) is 3.03. The molecule has 6 heteroatoms. The summed E-state index contributed by atoms with van der Waals surface area (Å²) in [6, 6.07) is 4.74. The van der Waals surface area contributed by atoms with Crippen LogP contribution in [0.15, 0.2) is 22.7 Å². The minimum absolute atomic E-state index is 0. The summed E-state index contributed by atoms with van der Waals surface area (Å²) in [6.45, 7) is 0.339. The molecule has 0 saturated carbocycles. The first-order valence-electron chi connectivity index (χ1n) is 3.11. The lowest BCUT2D eigenvalue weighted by molar-refractivity contribution is 0.593. The van der Waals surface area contributed by atoms with Gasteiger partial charge in [-0.3, -0.25) is 11.3 Å². The Kier molecular flexibility index (Phi) is 9.03. The highest BCUT2D eigenvalue weighted by Crippen LogP contribution is 2.14. The molecule has 0 fully saturated rings. The average Bonchev–Trinajstić information content (AvgIpc) is 1.98. The maximum atomic E-state index is 12.8. The molecule has 1 rings (SSSR count). The molecule has 0 saturated heterocycles. The van der Waals surface area contributed by atoms with Gasteiger partial charge in [-0.1, -0.05) is 15.9 Å². The van der Waals surface area contributed by atoms with E-state index in [-0.39, 0.29) is 30.6 Å². The molecule has 0 heterocycles. The summed E-state index contributed by atoms with van der Waals surface area (Å²) in [5, 5.41) is 0. The number of rotatable bonds is 2. The summed E-state index contributed by atoms with van der Waals surface area (Å²) in [4.78, 5) is 0. The van der Waals surface area contributed by atoms with Crippen LogP contribution < -0.4 is 11.3 Å². The van der Waals surface area contributed by atoms with Crippen LogP contribution in [0.2, 0.25) is 0 Å². The maximum absolute atomic E-state index is 12.8. The summed E-state index contributed by atoms with van der Waals surface area (Å²) >= 11 is 3.23. The Balaban J connectivity index is 0. The van der Waals surface area contributed by atoms with Crippen molar-refractivity contribution in [2.24, 2.45) is 5.84 Å². The van der Waals surface area contributed by atoms with E-state index >= 15 is 0 Å². The van der Waals surface area contributed by atoms with Gasteiger partial charge in [0, 0.05) is 16.6 Å². The van der Waals surface area contributed by atoms with E-state index in [4.69, 9.17) is 5.84 Å². The second kappa shape index (κ2) is 7.53. The summed E-state index contributed by atoms with van der Waals surface area (Å²) in [6.07, 6.45) is 0. The van der Waals surface area contributed by atoms with Gasteiger partial charge in [-0.15, -0.1) is 24.8 Å². The monoisotopic (exact) mass is 290 g/mol. The van der Waals surface area contributed by atoms with Crippen molar-refractivity contribution < 1.29 is 4.39 Å². The normalized spacial score (nSPS) is 8.54. The molecule has 0 aliphatic rings. The zero-order valence-electron chi connectivity index (χ0n) is 6.59. The van der Waals surface area contributed by atoms with Gasteiger partial charge < -0.3 is 0 Å². The molecule has 1 aromatic carbocycles. The average molecular weight is 292 g/mol. The van der Waals surface area contributed by atoms with E-state index in [1.54, 1.807) is 12.1 Å². The second-order valence-electron chi connectivity index (χ2n) is 2.12. The van der Waals surface area contributed by atoms with Gasteiger partial charge in [0.05, 0.1) is 0 Å². The van der Waals surface area contributed by atoms with Crippen molar-refractivity contribution in [3.63, 3.8) is 0 Å². The van der Waals surface area contributed by atoms with Gasteiger partial charge in [-0.2, -0.15) is 0 Å². The predicted octanol–water partition coefficient (Wildman–Crippen LogP) is 2.40. The van der Waals surface area contributed by atoms with Gasteiger partial charge in [0.1, 0.15) is 5.82 Å². The highest BCUT2D eigenvalue weighted by atomic mass is 79.9. The molecule has 0 aliphatic heterocycles. The predicted molar refractivity (Wildman–Crippen MR) is 59.6 cm³/mol. The largest absolute Gasteiger partial charge is 0.271 e. The van der Waals surface area contributed by atoms with Crippen LogP contribution in [0, 0.1) is 5.82 Å². The van der Waals surface area contributed by atoms with Crippen molar-refractivity contribution in [1.29, 1.82) is 0 Å². The summed E-state index contributed by atoms with van der Waals surface area (Å²) in [5.74, 6) is 4.80. The van der Waals surface area contributed by atoms with Crippen LogP contribution in [-0.4, -0.2) is 0 Å². The Labute approximate surface area is 97.0 Å². The number of halogens is 4. The van der Waals surface area contributed by atoms with E-state index in [9.17, 15) is 4.39 Å². The van der Waals surface area contributed by atoms with Gasteiger partial charge in [0.2, 0.25) is 0 Å². The Morgan fingerprint density at radius 1 is 1.38 bits per heavy atom. The Morgan fingerprint density at radius 3 is 2.54 bits per heavy atom. The number of hydrazine groups is 1. The van der Waals surface area contributed by atoms with E-state index in [2.05, 4.69) is 21.4 Å².